The highest BCUT2D eigenvalue weighted by Gasteiger charge is 2.23. The zero-order valence-corrected chi connectivity index (χ0v) is 14.3. The predicted molar refractivity (Wildman–Crippen MR) is 97.7 cm³/mol. The van der Waals surface area contributed by atoms with E-state index in [1.165, 1.54) is 21.4 Å². The molecule has 2 aromatic heterocycles. The number of hydrogen-bond acceptors (Lipinski definition) is 5. The number of hydrogen-bond donors (Lipinski definition) is 2. The second kappa shape index (κ2) is 6.84. The van der Waals surface area contributed by atoms with Gasteiger partial charge in [0.25, 0.3) is 0 Å². The molecular weight excluding hydrogens is 320 g/mol. The van der Waals surface area contributed by atoms with Gasteiger partial charge in [-0.3, -0.25) is 0 Å². The van der Waals surface area contributed by atoms with Gasteiger partial charge in [-0.2, -0.15) is 0 Å². The molecule has 24 heavy (non-hydrogen) atoms. The minimum absolute atomic E-state index is 0.260. The first-order chi connectivity index (χ1) is 11.9. The van der Waals surface area contributed by atoms with Gasteiger partial charge in [0.05, 0.1) is 38.2 Å². The first-order valence-electron chi connectivity index (χ1n) is 8.34. The zero-order chi connectivity index (χ0) is 16.4. The van der Waals surface area contributed by atoms with Crippen LogP contribution >= 0.6 is 11.3 Å². The van der Waals surface area contributed by atoms with Crippen molar-refractivity contribution in [3.63, 3.8) is 0 Å². The van der Waals surface area contributed by atoms with E-state index in [9.17, 15) is 0 Å². The lowest BCUT2D eigenvalue weighted by Gasteiger charge is -2.33. The maximum absolute atomic E-state index is 9.12. The zero-order valence-electron chi connectivity index (χ0n) is 13.5. The second-order valence-electron chi connectivity index (χ2n) is 6.10. The monoisotopic (exact) mass is 341 g/mol. The Labute approximate surface area is 145 Å². The third-order valence-corrected chi connectivity index (χ3v) is 5.56. The molecule has 0 radical (unpaired) electrons. The van der Waals surface area contributed by atoms with E-state index in [1.807, 2.05) is 6.07 Å². The number of nitrogens with zero attached hydrogens (tertiary/aromatic N) is 3. The van der Waals surface area contributed by atoms with Crippen molar-refractivity contribution in [3.8, 4) is 11.1 Å². The Hall–Kier alpha value is -2.02. The van der Waals surface area contributed by atoms with Crippen molar-refractivity contribution >= 4 is 27.4 Å². The van der Waals surface area contributed by atoms with Crippen LogP contribution in [0.2, 0.25) is 0 Å². The number of rotatable bonds is 4. The molecule has 2 N–H and O–H groups in total. The number of nitrogens with one attached hydrogen (secondary N) is 1. The highest BCUT2D eigenvalue weighted by molar-refractivity contribution is 7.17. The van der Waals surface area contributed by atoms with Crippen LogP contribution in [0.15, 0.2) is 42.0 Å². The average molecular weight is 341 g/mol. The molecular formula is C18H21N4OS+. The largest absolute Gasteiger partial charge is 0.391 e. The molecule has 0 spiro atoms. The van der Waals surface area contributed by atoms with Crippen LogP contribution in [0.1, 0.15) is 0 Å². The molecule has 1 aliphatic rings. The summed E-state index contributed by atoms with van der Waals surface area (Å²) in [6, 6.07) is 10.5. The molecule has 0 saturated carbocycles. The molecule has 0 atom stereocenters. The smallest absolute Gasteiger partial charge is 0.141 e. The van der Waals surface area contributed by atoms with Crippen LogP contribution in [-0.4, -0.2) is 54.4 Å². The molecule has 124 valence electrons. The fourth-order valence-electron chi connectivity index (χ4n) is 3.37. The van der Waals surface area contributed by atoms with Crippen molar-refractivity contribution in [1.29, 1.82) is 0 Å². The normalized spacial score (nSPS) is 16.0. The summed E-state index contributed by atoms with van der Waals surface area (Å²) in [5, 5.41) is 12.5. The first kappa shape index (κ1) is 15.5. The van der Waals surface area contributed by atoms with E-state index in [0.29, 0.717) is 0 Å². The van der Waals surface area contributed by atoms with E-state index >= 15 is 0 Å². The van der Waals surface area contributed by atoms with Crippen LogP contribution in [0.25, 0.3) is 21.3 Å². The Balaban J connectivity index is 1.70. The minimum Gasteiger partial charge on any atom is -0.391 e. The van der Waals surface area contributed by atoms with E-state index in [4.69, 9.17) is 5.11 Å². The minimum atomic E-state index is 0.260. The number of aromatic nitrogens is 2. The number of aliphatic hydroxyl groups excluding tert-OH is 1. The SMILES string of the molecule is OCC[NH+]1CCN(c2ncnc3scc(-c4ccccc4)c23)CC1. The highest BCUT2D eigenvalue weighted by Crippen LogP contribution is 2.37. The van der Waals surface area contributed by atoms with Gasteiger partial charge in [-0.25, -0.2) is 9.97 Å². The molecule has 6 heteroatoms. The lowest BCUT2D eigenvalue weighted by atomic mass is 10.1. The van der Waals surface area contributed by atoms with E-state index in [0.717, 1.165) is 43.4 Å². The number of fused-ring (bicyclic) bond motifs is 1. The summed E-state index contributed by atoms with van der Waals surface area (Å²) >= 11 is 1.68. The third kappa shape index (κ3) is 2.88. The summed E-state index contributed by atoms with van der Waals surface area (Å²) in [7, 11) is 0. The summed E-state index contributed by atoms with van der Waals surface area (Å²) in [4.78, 5) is 14.0. The van der Waals surface area contributed by atoms with Crippen molar-refractivity contribution in [2.75, 3.05) is 44.2 Å². The summed E-state index contributed by atoms with van der Waals surface area (Å²) < 4.78 is 0. The quantitative estimate of drug-likeness (QED) is 0.745. The molecule has 0 unspecified atom stereocenters. The molecule has 3 heterocycles. The Morgan fingerprint density at radius 2 is 1.92 bits per heavy atom. The predicted octanol–water partition coefficient (Wildman–Crippen LogP) is 1.06. The van der Waals surface area contributed by atoms with Gasteiger partial charge in [0.2, 0.25) is 0 Å². The third-order valence-electron chi connectivity index (χ3n) is 4.67. The van der Waals surface area contributed by atoms with E-state index in [2.05, 4.69) is 44.5 Å². The molecule has 0 aliphatic carbocycles. The molecule has 5 nitrogen and oxygen atoms in total. The average Bonchev–Trinajstić information content (AvgIpc) is 3.08. The Bertz CT molecular complexity index is 812. The van der Waals surface area contributed by atoms with E-state index in [-0.39, 0.29) is 6.61 Å². The van der Waals surface area contributed by atoms with Gasteiger partial charge in [0.1, 0.15) is 23.5 Å². The number of quaternary nitrogens is 1. The van der Waals surface area contributed by atoms with Crippen LogP contribution in [0.4, 0.5) is 5.82 Å². The number of thiophene rings is 1. The van der Waals surface area contributed by atoms with Crippen LogP contribution < -0.4 is 9.80 Å². The molecule has 1 saturated heterocycles. The van der Waals surface area contributed by atoms with Crippen molar-refractivity contribution in [3.05, 3.63) is 42.0 Å². The van der Waals surface area contributed by atoms with Gasteiger partial charge < -0.3 is 14.9 Å². The standard InChI is InChI=1S/C18H20N4OS/c23-11-10-21-6-8-22(9-7-21)17-16-15(14-4-2-1-3-5-14)12-24-18(16)20-13-19-17/h1-5,12-13,23H,6-11H2/p+1. The molecule has 0 bridgehead atoms. The van der Waals surface area contributed by atoms with Crippen molar-refractivity contribution in [2.24, 2.45) is 0 Å². The Kier molecular flexibility index (Phi) is 4.42. The molecule has 3 aromatic rings. The number of piperazine rings is 1. The van der Waals surface area contributed by atoms with Crippen LogP contribution in [0, 0.1) is 0 Å². The van der Waals surface area contributed by atoms with Crippen LogP contribution in [0.3, 0.4) is 0 Å². The topological polar surface area (TPSA) is 53.7 Å². The number of benzene rings is 1. The first-order valence-corrected chi connectivity index (χ1v) is 9.22. The van der Waals surface area contributed by atoms with Gasteiger partial charge in [0, 0.05) is 10.9 Å². The molecule has 1 aromatic carbocycles. The van der Waals surface area contributed by atoms with Crippen LogP contribution in [-0.2, 0) is 0 Å². The lowest BCUT2D eigenvalue weighted by molar-refractivity contribution is -0.900. The summed E-state index contributed by atoms with van der Waals surface area (Å²) in [6.45, 7) is 5.10. The Morgan fingerprint density at radius 1 is 1.12 bits per heavy atom. The van der Waals surface area contributed by atoms with Crippen molar-refractivity contribution < 1.29 is 10.0 Å². The second-order valence-corrected chi connectivity index (χ2v) is 6.96. The lowest BCUT2D eigenvalue weighted by Crippen LogP contribution is -3.15. The summed E-state index contributed by atoms with van der Waals surface area (Å²) in [6.07, 6.45) is 1.68. The van der Waals surface area contributed by atoms with Gasteiger partial charge in [0.15, 0.2) is 0 Å². The maximum Gasteiger partial charge on any atom is 0.141 e. The molecule has 4 rings (SSSR count). The molecule has 0 amide bonds. The summed E-state index contributed by atoms with van der Waals surface area (Å²) in [5.74, 6) is 1.04. The fraction of sp³-hybridized carbons (Fsp3) is 0.333. The number of anilines is 1. The molecule has 1 aliphatic heterocycles. The van der Waals surface area contributed by atoms with Gasteiger partial charge in [-0.15, -0.1) is 11.3 Å². The van der Waals surface area contributed by atoms with Crippen molar-refractivity contribution in [1.82, 2.24) is 9.97 Å². The van der Waals surface area contributed by atoms with Gasteiger partial charge in [-0.05, 0) is 5.56 Å². The van der Waals surface area contributed by atoms with E-state index in [1.54, 1.807) is 17.7 Å². The van der Waals surface area contributed by atoms with Crippen molar-refractivity contribution in [2.45, 2.75) is 0 Å². The van der Waals surface area contributed by atoms with Gasteiger partial charge in [-0.1, -0.05) is 30.3 Å². The van der Waals surface area contributed by atoms with E-state index < -0.39 is 0 Å². The van der Waals surface area contributed by atoms with Gasteiger partial charge >= 0.3 is 0 Å². The van der Waals surface area contributed by atoms with Crippen LogP contribution in [0.5, 0.6) is 0 Å². The number of aliphatic hydroxyl groups is 1. The molecule has 1 fully saturated rings. The fourth-order valence-corrected chi connectivity index (χ4v) is 4.28. The summed E-state index contributed by atoms with van der Waals surface area (Å²) in [5.41, 5.74) is 2.43. The Morgan fingerprint density at radius 3 is 2.67 bits per heavy atom. The maximum atomic E-state index is 9.12. The highest BCUT2D eigenvalue weighted by atomic mass is 32.1.